The summed E-state index contributed by atoms with van der Waals surface area (Å²) in [5.74, 6) is 0.731. The topological polar surface area (TPSA) is 35.2 Å². The van der Waals surface area contributed by atoms with Gasteiger partial charge in [-0.1, -0.05) is 199 Å². The fourth-order valence-electron chi connectivity index (χ4n) is 10.4. The maximum Gasteiger partial charge on any atom is 0.135 e. The summed E-state index contributed by atoms with van der Waals surface area (Å²) in [6, 6.07) is 43.8. The number of hydrogen-bond donors (Lipinski definition) is 0. The molecule has 0 N–H and O–H groups in total. The van der Waals surface area contributed by atoms with E-state index in [1.165, 1.54) is 12.3 Å². The van der Waals surface area contributed by atoms with Crippen molar-refractivity contribution in [3.8, 4) is 39.6 Å². The summed E-state index contributed by atoms with van der Waals surface area (Å²) in [5, 5.41) is 7.72. The van der Waals surface area contributed by atoms with Gasteiger partial charge in [-0.05, 0) is 111 Å². The third kappa shape index (κ3) is 7.73. The Morgan fingerprint density at radius 1 is 0.603 bits per heavy atom. The van der Waals surface area contributed by atoms with Crippen LogP contribution in [-0.4, -0.2) is 14.1 Å². The van der Waals surface area contributed by atoms with E-state index in [9.17, 15) is 0 Å². The Morgan fingerprint density at radius 2 is 1.30 bits per heavy atom. The van der Waals surface area contributed by atoms with Gasteiger partial charge in [0.15, 0.2) is 0 Å². The van der Waals surface area contributed by atoms with E-state index in [-0.39, 0.29) is 67.0 Å². The summed E-state index contributed by atoms with van der Waals surface area (Å²) >= 11 is 0. The molecule has 0 radical (unpaired) electrons. The number of benzene rings is 9. The predicted molar refractivity (Wildman–Crippen MR) is 300 cm³/mol. The summed E-state index contributed by atoms with van der Waals surface area (Å²) in [6.07, 6.45) is 1.20. The zero-order chi connectivity index (χ0) is 60.0. The molecule has 0 bridgehead atoms. The Labute approximate surface area is 458 Å². The SMILES string of the molecule is [2H]c1c([2H])c([2H])c(-c2ccc3c(c2)c2ccc(Oc4[c-]c(N5[CH-]n6c7c(C)cccc7c7cc(C)ccc7c7ccccc7c7cccc5c76)ccc4C(C)(C)C)[c-]c2n3-c2cc(C([2H])([2H])[2H])c(-c3c([2H])c([2H])c([2H])c([2H])c3[2H])cn2)c([2H])c1[2H].[Pt]. The minimum atomic E-state index is -2.89. The molecule has 1 aliphatic rings. The molecule has 1 aliphatic heterocycles. The number of fused-ring (bicyclic) bond motifs is 10. The van der Waals surface area contributed by atoms with Crippen LogP contribution in [0.3, 0.4) is 0 Å². The van der Waals surface area contributed by atoms with Crippen LogP contribution >= 0.6 is 0 Å². The summed E-state index contributed by atoms with van der Waals surface area (Å²) < 4.78 is 123. The zero-order valence-corrected chi connectivity index (χ0v) is 42.6. The summed E-state index contributed by atoms with van der Waals surface area (Å²) in [4.78, 5) is 6.90. The third-order valence-corrected chi connectivity index (χ3v) is 13.7. The minimum Gasteiger partial charge on any atom is -0.509 e. The smallest absolute Gasteiger partial charge is 0.135 e. The van der Waals surface area contributed by atoms with E-state index in [0.29, 0.717) is 38.8 Å². The van der Waals surface area contributed by atoms with Gasteiger partial charge >= 0.3 is 0 Å². The number of pyridine rings is 1. The molecular weight excluding hydrogens is 1070 g/mol. The molecule has 6 heteroatoms. The average molecular weight is 1140 g/mol. The van der Waals surface area contributed by atoms with Crippen LogP contribution in [0.25, 0.3) is 93.2 Å². The molecule has 0 saturated heterocycles. The Kier molecular flexibility index (Phi) is 8.21. The van der Waals surface area contributed by atoms with E-state index in [1.54, 1.807) is 28.8 Å². The van der Waals surface area contributed by atoms with Gasteiger partial charge in [0, 0.05) is 59.6 Å². The molecule has 0 fully saturated rings. The number of anilines is 2. The van der Waals surface area contributed by atoms with Crippen molar-refractivity contribution >= 4 is 76.5 Å². The first-order chi connectivity index (χ1) is 40.4. The predicted octanol–water partition coefficient (Wildman–Crippen LogP) is 17.8. The molecule has 0 spiro atoms. The zero-order valence-electron chi connectivity index (χ0n) is 53.3. The molecular formula is C67H51N4OPt-3. The normalized spacial score (nSPS) is 14.9. The Balaban J connectivity index is 0.00000724. The third-order valence-electron chi connectivity index (χ3n) is 13.7. The van der Waals surface area contributed by atoms with Gasteiger partial charge in [-0.15, -0.1) is 35.2 Å². The van der Waals surface area contributed by atoms with Crippen LogP contribution < -0.4 is 9.64 Å². The number of para-hydroxylation sites is 2. The van der Waals surface area contributed by atoms with Gasteiger partial charge in [0.25, 0.3) is 0 Å². The second kappa shape index (κ2) is 17.9. The van der Waals surface area contributed by atoms with Crippen LogP contribution in [0, 0.1) is 39.5 Å². The van der Waals surface area contributed by atoms with Gasteiger partial charge in [-0.25, -0.2) is 4.98 Å². The Morgan fingerprint density at radius 3 is 2.07 bits per heavy atom. The fraction of sp³-hybridized carbons (Fsp3) is 0.104. The fourth-order valence-corrected chi connectivity index (χ4v) is 10.4. The van der Waals surface area contributed by atoms with E-state index in [2.05, 4.69) is 142 Å². The van der Waals surface area contributed by atoms with Crippen molar-refractivity contribution in [2.24, 2.45) is 0 Å². The maximum absolute atomic E-state index is 8.84. The molecule has 13 rings (SSSR count). The molecule has 73 heavy (non-hydrogen) atoms. The monoisotopic (exact) mass is 1140 g/mol. The van der Waals surface area contributed by atoms with E-state index in [0.717, 1.165) is 65.7 Å². The van der Waals surface area contributed by atoms with Crippen LogP contribution in [0.4, 0.5) is 11.4 Å². The quantitative estimate of drug-likeness (QED) is 0.156. The molecule has 0 unspecified atom stereocenters. The van der Waals surface area contributed by atoms with Crippen LogP contribution in [0.2, 0.25) is 0 Å². The van der Waals surface area contributed by atoms with E-state index in [4.69, 9.17) is 27.5 Å². The van der Waals surface area contributed by atoms with Crippen LogP contribution in [0.5, 0.6) is 11.5 Å². The minimum absolute atomic E-state index is 0. The summed E-state index contributed by atoms with van der Waals surface area (Å²) in [7, 11) is 0. The van der Waals surface area contributed by atoms with Gasteiger partial charge in [0.1, 0.15) is 5.82 Å². The van der Waals surface area contributed by atoms with Crippen molar-refractivity contribution < 1.29 is 43.6 Å². The molecule has 0 atom stereocenters. The second-order valence-corrected chi connectivity index (χ2v) is 19.3. The second-order valence-electron chi connectivity index (χ2n) is 19.3. The molecule has 12 aromatic rings. The van der Waals surface area contributed by atoms with Crippen molar-refractivity contribution in [1.82, 2.24) is 14.1 Å². The molecule has 9 aromatic carbocycles. The van der Waals surface area contributed by atoms with Crippen LogP contribution in [-0.2, 0) is 26.5 Å². The Hall–Kier alpha value is -8.11. The van der Waals surface area contributed by atoms with E-state index < -0.39 is 60.6 Å². The maximum atomic E-state index is 8.84. The van der Waals surface area contributed by atoms with Gasteiger partial charge in [-0.3, -0.25) is 0 Å². The van der Waals surface area contributed by atoms with Crippen LogP contribution in [0.1, 0.15) is 60.8 Å². The first-order valence-corrected chi connectivity index (χ1v) is 23.7. The number of hydrogen-bond acceptors (Lipinski definition) is 3. The first-order valence-electron chi connectivity index (χ1n) is 30.2. The summed E-state index contributed by atoms with van der Waals surface area (Å²) in [5.41, 5.74) is 6.59. The molecule has 358 valence electrons. The van der Waals surface area contributed by atoms with Gasteiger partial charge < -0.3 is 18.8 Å². The van der Waals surface area contributed by atoms with Gasteiger partial charge in [0.05, 0.1) is 13.7 Å². The molecule has 5 nitrogen and oxygen atoms in total. The van der Waals surface area contributed by atoms with E-state index in [1.807, 2.05) is 18.2 Å². The number of ether oxygens (including phenoxy) is 1. The van der Waals surface area contributed by atoms with Crippen molar-refractivity contribution in [3.05, 3.63) is 235 Å². The van der Waals surface area contributed by atoms with Crippen molar-refractivity contribution in [2.45, 2.75) is 46.9 Å². The van der Waals surface area contributed by atoms with Crippen molar-refractivity contribution in [1.29, 1.82) is 0 Å². The summed E-state index contributed by atoms with van der Waals surface area (Å²) in [6.45, 7) is 9.76. The molecule has 3 aromatic heterocycles. The molecule has 0 amide bonds. The van der Waals surface area contributed by atoms with Gasteiger partial charge in [-0.2, -0.15) is 12.1 Å². The average Bonchev–Trinajstić information content (AvgIpc) is 1.77. The van der Waals surface area contributed by atoms with Crippen LogP contribution in [0.15, 0.2) is 194 Å². The number of nitrogens with zero attached hydrogens (tertiary/aromatic N) is 4. The molecule has 4 heterocycles. The number of aromatic nitrogens is 3. The Bertz CT molecular complexity index is 4930. The largest absolute Gasteiger partial charge is 0.509 e. The first kappa shape index (κ1) is 33.5. The molecule has 0 aliphatic carbocycles. The number of rotatable bonds is 6. The van der Waals surface area contributed by atoms with Crippen molar-refractivity contribution in [3.63, 3.8) is 0 Å². The molecule has 0 saturated carbocycles. The standard InChI is InChI=1S/C67H51N4O.Pt/c1-42-27-31-52-50-22-13-14-23-51(50)54-25-16-26-61-66(54)70(65-43(2)17-15-24-55(65)56(52)35-42)41-69(61)48-29-33-59(67(4,5)6)63(38-48)72-49-30-32-53-57-37-47(45-18-9-7-10-19-45)28-34-60(57)71(62(53)39-49)64-36-44(3)58(40-68-64)46-20-11-8-12-21-46;/h7-37,40-41H,1-6H3;/q-3;/i3D3,7D,8D,9D,10D,11D,12D,18D,19D,20D,21D;. The van der Waals surface area contributed by atoms with Gasteiger partial charge in [0.2, 0.25) is 0 Å². The van der Waals surface area contributed by atoms with E-state index >= 15 is 0 Å². The number of aryl methyl sites for hydroxylation is 3. The van der Waals surface area contributed by atoms with Crippen molar-refractivity contribution in [2.75, 3.05) is 4.90 Å².